The molecule has 2 amide bonds. The number of hydrogen-bond donors (Lipinski definition) is 1. The van der Waals surface area contributed by atoms with Crippen LogP contribution in [0.4, 0.5) is 0 Å². The summed E-state index contributed by atoms with van der Waals surface area (Å²) in [6, 6.07) is 3.40. The number of hydrogen-bond acceptors (Lipinski definition) is 4. The van der Waals surface area contributed by atoms with Crippen LogP contribution in [-0.4, -0.2) is 39.1 Å². The second-order valence-electron chi connectivity index (χ2n) is 7.43. The molecule has 2 aromatic heterocycles. The molecule has 1 unspecified atom stereocenters. The number of fused-ring (bicyclic) bond motifs is 1. The van der Waals surface area contributed by atoms with Crippen molar-refractivity contribution < 1.29 is 9.59 Å². The Balaban J connectivity index is 1.72. The van der Waals surface area contributed by atoms with Crippen LogP contribution in [0.3, 0.4) is 0 Å². The lowest BCUT2D eigenvalue weighted by molar-refractivity contribution is -0.134. The van der Waals surface area contributed by atoms with Crippen LogP contribution < -0.4 is 5.32 Å². The summed E-state index contributed by atoms with van der Waals surface area (Å²) in [4.78, 5) is 29.1. The van der Waals surface area contributed by atoms with Gasteiger partial charge < -0.3 is 10.2 Å². The predicted molar refractivity (Wildman–Crippen MR) is 107 cm³/mol. The summed E-state index contributed by atoms with van der Waals surface area (Å²) >= 11 is 1.75. The van der Waals surface area contributed by atoms with E-state index in [4.69, 9.17) is 0 Å². The van der Waals surface area contributed by atoms with Gasteiger partial charge in [0.2, 0.25) is 5.91 Å². The average Bonchev–Trinajstić information content (AvgIpc) is 3.26. The van der Waals surface area contributed by atoms with E-state index in [9.17, 15) is 9.59 Å². The van der Waals surface area contributed by atoms with E-state index in [1.165, 1.54) is 10.4 Å². The van der Waals surface area contributed by atoms with Crippen LogP contribution in [-0.2, 0) is 24.8 Å². The van der Waals surface area contributed by atoms with Gasteiger partial charge in [0.1, 0.15) is 11.7 Å². The van der Waals surface area contributed by atoms with Crippen molar-refractivity contribution in [2.24, 2.45) is 7.05 Å². The molecule has 3 rings (SSSR count). The van der Waals surface area contributed by atoms with Gasteiger partial charge in [0, 0.05) is 25.0 Å². The number of carbonyl (C=O) groups is 2. The molecule has 0 aliphatic carbocycles. The first-order valence-corrected chi connectivity index (χ1v) is 10.5. The Hall–Kier alpha value is -2.15. The van der Waals surface area contributed by atoms with Gasteiger partial charge in [-0.3, -0.25) is 14.3 Å². The predicted octanol–water partition coefficient (Wildman–Crippen LogP) is 3.09. The van der Waals surface area contributed by atoms with Crippen LogP contribution in [0.15, 0.2) is 17.5 Å². The number of rotatable bonds is 6. The molecule has 0 saturated heterocycles. The van der Waals surface area contributed by atoms with E-state index in [2.05, 4.69) is 21.9 Å². The number of carbonyl (C=O) groups excluding carboxylic acids is 2. The molecule has 6 nitrogen and oxygen atoms in total. The minimum Gasteiger partial charge on any atom is -0.339 e. The minimum atomic E-state index is -0.500. The van der Waals surface area contributed by atoms with Gasteiger partial charge in [-0.05, 0) is 41.8 Å². The molecular formula is C20H28N4O2S. The largest absolute Gasteiger partial charge is 0.339 e. The maximum atomic E-state index is 13.1. The van der Waals surface area contributed by atoms with Crippen molar-refractivity contribution in [3.63, 3.8) is 0 Å². The lowest BCUT2D eigenvalue weighted by atomic mass is 10.1. The third-order valence-corrected chi connectivity index (χ3v) is 6.05. The third-order valence-electron chi connectivity index (χ3n) is 5.02. The van der Waals surface area contributed by atoms with Gasteiger partial charge in [-0.1, -0.05) is 27.2 Å². The average molecular weight is 389 g/mol. The summed E-state index contributed by atoms with van der Waals surface area (Å²) < 4.78 is 1.59. The number of aromatic nitrogens is 2. The lowest BCUT2D eigenvalue weighted by Crippen LogP contribution is -2.49. The maximum absolute atomic E-state index is 13.1. The van der Waals surface area contributed by atoms with Crippen molar-refractivity contribution in [2.45, 2.75) is 58.5 Å². The van der Waals surface area contributed by atoms with Crippen molar-refractivity contribution in [1.29, 1.82) is 0 Å². The molecule has 2 aromatic rings. The van der Waals surface area contributed by atoms with Gasteiger partial charge in [-0.25, -0.2) is 0 Å². The highest BCUT2D eigenvalue weighted by Gasteiger charge is 2.29. The first-order valence-electron chi connectivity index (χ1n) is 9.59. The molecule has 7 heteroatoms. The second kappa shape index (κ2) is 8.25. The smallest absolute Gasteiger partial charge is 0.270 e. The molecule has 0 spiro atoms. The third kappa shape index (κ3) is 4.24. The zero-order chi connectivity index (χ0) is 19.6. The Morgan fingerprint density at radius 2 is 2.15 bits per heavy atom. The molecule has 3 heterocycles. The van der Waals surface area contributed by atoms with Gasteiger partial charge in [0.05, 0.1) is 5.69 Å². The van der Waals surface area contributed by atoms with E-state index >= 15 is 0 Å². The highest BCUT2D eigenvalue weighted by Crippen LogP contribution is 2.24. The normalized spacial score (nSPS) is 14.9. The number of aryl methyl sites for hydroxylation is 1. The van der Waals surface area contributed by atoms with Crippen molar-refractivity contribution in [2.75, 3.05) is 6.54 Å². The molecule has 1 aliphatic rings. The van der Waals surface area contributed by atoms with Gasteiger partial charge in [-0.2, -0.15) is 5.10 Å². The quantitative estimate of drug-likeness (QED) is 0.827. The SMILES string of the molecule is CCCC(NC(=O)c1cc(C(C)C)nn1C)C(=O)N1CCc2sccc2C1. The topological polar surface area (TPSA) is 67.2 Å². The molecule has 27 heavy (non-hydrogen) atoms. The monoisotopic (exact) mass is 388 g/mol. The Kier molecular flexibility index (Phi) is 5.99. The maximum Gasteiger partial charge on any atom is 0.270 e. The molecule has 1 aliphatic heterocycles. The first-order chi connectivity index (χ1) is 12.9. The number of nitrogens with one attached hydrogen (secondary N) is 1. The summed E-state index contributed by atoms with van der Waals surface area (Å²) in [7, 11) is 1.76. The van der Waals surface area contributed by atoms with Crippen LogP contribution >= 0.6 is 11.3 Å². The number of amides is 2. The molecule has 146 valence electrons. The fourth-order valence-corrected chi connectivity index (χ4v) is 4.31. The van der Waals surface area contributed by atoms with Crippen LogP contribution in [0, 0.1) is 0 Å². The zero-order valence-electron chi connectivity index (χ0n) is 16.5. The summed E-state index contributed by atoms with van der Waals surface area (Å²) in [5.74, 6) is 0.0178. The molecule has 0 fully saturated rings. The lowest BCUT2D eigenvalue weighted by Gasteiger charge is -2.30. The van der Waals surface area contributed by atoms with E-state index < -0.39 is 6.04 Å². The van der Waals surface area contributed by atoms with Crippen LogP contribution in [0.25, 0.3) is 0 Å². The summed E-state index contributed by atoms with van der Waals surface area (Å²) in [6.45, 7) is 7.47. The van der Waals surface area contributed by atoms with Crippen LogP contribution in [0.5, 0.6) is 0 Å². The Bertz CT molecular complexity index is 824. The Morgan fingerprint density at radius 1 is 1.37 bits per heavy atom. The molecule has 0 saturated carbocycles. The van der Waals surface area contributed by atoms with Crippen molar-refractivity contribution in [3.8, 4) is 0 Å². The zero-order valence-corrected chi connectivity index (χ0v) is 17.3. The molecule has 1 N–H and O–H groups in total. The molecule has 0 radical (unpaired) electrons. The molecule has 0 aromatic carbocycles. The van der Waals surface area contributed by atoms with Gasteiger partial charge in [-0.15, -0.1) is 11.3 Å². The molecule has 0 bridgehead atoms. The highest BCUT2D eigenvalue weighted by atomic mass is 32.1. The second-order valence-corrected chi connectivity index (χ2v) is 8.43. The van der Waals surface area contributed by atoms with E-state index in [-0.39, 0.29) is 17.7 Å². The van der Waals surface area contributed by atoms with Crippen molar-refractivity contribution >= 4 is 23.2 Å². The molecule has 1 atom stereocenters. The summed E-state index contributed by atoms with van der Waals surface area (Å²) in [6.07, 6.45) is 2.36. The van der Waals surface area contributed by atoms with Crippen molar-refractivity contribution in [1.82, 2.24) is 20.0 Å². The van der Waals surface area contributed by atoms with E-state index in [0.29, 0.717) is 25.2 Å². The van der Waals surface area contributed by atoms with Gasteiger partial charge in [0.25, 0.3) is 5.91 Å². The Labute approximate surface area is 164 Å². The first kappa shape index (κ1) is 19.6. The van der Waals surface area contributed by atoms with E-state index in [1.807, 2.05) is 31.7 Å². The Morgan fingerprint density at radius 3 is 2.81 bits per heavy atom. The van der Waals surface area contributed by atoms with Crippen LogP contribution in [0.2, 0.25) is 0 Å². The number of thiophene rings is 1. The summed E-state index contributed by atoms with van der Waals surface area (Å²) in [5, 5.41) is 9.44. The summed E-state index contributed by atoms with van der Waals surface area (Å²) in [5.41, 5.74) is 2.60. The van der Waals surface area contributed by atoms with Gasteiger partial charge >= 0.3 is 0 Å². The standard InChI is InChI=1S/C20H28N4O2S/c1-5-6-15(20(26)24-9-7-18-14(12-24)8-10-27-18)21-19(25)17-11-16(13(2)3)22-23(17)4/h8,10-11,13,15H,5-7,9,12H2,1-4H3,(H,21,25). The van der Waals surface area contributed by atoms with Crippen LogP contribution in [0.1, 0.15) is 66.2 Å². The van der Waals surface area contributed by atoms with E-state index in [1.54, 1.807) is 23.1 Å². The number of nitrogens with zero attached hydrogens (tertiary/aromatic N) is 3. The minimum absolute atomic E-state index is 0.00769. The van der Waals surface area contributed by atoms with E-state index in [0.717, 1.165) is 18.5 Å². The van der Waals surface area contributed by atoms with Gasteiger partial charge in [0.15, 0.2) is 0 Å². The highest BCUT2D eigenvalue weighted by molar-refractivity contribution is 7.10. The fraction of sp³-hybridized carbons (Fsp3) is 0.550. The fourth-order valence-electron chi connectivity index (χ4n) is 3.42. The van der Waals surface area contributed by atoms with Crippen molar-refractivity contribution in [3.05, 3.63) is 39.3 Å². The molecular weight excluding hydrogens is 360 g/mol.